The zero-order chi connectivity index (χ0) is 24.2. The van der Waals surface area contributed by atoms with E-state index in [1.807, 2.05) is 82.3 Å². The number of rotatable bonds is 8. The fourth-order valence-electron chi connectivity index (χ4n) is 4.06. The highest BCUT2D eigenvalue weighted by molar-refractivity contribution is 5.84. The van der Waals surface area contributed by atoms with Gasteiger partial charge in [0, 0.05) is 6.54 Å². The predicted molar refractivity (Wildman–Crippen MR) is 131 cm³/mol. The Balaban J connectivity index is 1.63. The fraction of sp³-hybridized carbons (Fsp3) is 0.308. The first kappa shape index (κ1) is 23.2. The van der Waals surface area contributed by atoms with Crippen LogP contribution in [0.4, 0.5) is 0 Å². The normalized spacial score (nSPS) is 12.0. The number of amides is 1. The van der Waals surface area contributed by atoms with Crippen LogP contribution in [-0.2, 0) is 11.3 Å². The molecule has 0 saturated heterocycles. The lowest BCUT2D eigenvalue weighted by atomic mass is 10.1. The van der Waals surface area contributed by atoms with E-state index in [4.69, 9.17) is 4.74 Å². The molecule has 1 atom stereocenters. The maximum absolute atomic E-state index is 13.5. The van der Waals surface area contributed by atoms with Crippen LogP contribution in [-0.4, -0.2) is 32.1 Å². The van der Waals surface area contributed by atoms with Crippen LogP contribution < -0.4 is 15.6 Å². The summed E-state index contributed by atoms with van der Waals surface area (Å²) in [4.78, 5) is 26.5. The second kappa shape index (κ2) is 9.91. The molecular formula is C26H29N5O3. The number of aromatic nitrogens is 4. The first-order chi connectivity index (χ1) is 16.4. The molecule has 0 fully saturated rings. The lowest BCUT2D eigenvalue weighted by Crippen LogP contribution is -2.38. The maximum atomic E-state index is 13.5. The summed E-state index contributed by atoms with van der Waals surface area (Å²) in [6, 6.07) is 16.5. The average molecular weight is 460 g/mol. The number of nitrogens with one attached hydrogen (secondary N) is 1. The van der Waals surface area contributed by atoms with Crippen molar-refractivity contribution in [2.45, 2.75) is 46.7 Å². The second-order valence-corrected chi connectivity index (χ2v) is 8.11. The lowest BCUT2D eigenvalue weighted by molar-refractivity contribution is -0.125. The minimum absolute atomic E-state index is 0.252. The van der Waals surface area contributed by atoms with Crippen LogP contribution in [0.3, 0.4) is 0 Å². The minimum atomic E-state index is -0.724. The van der Waals surface area contributed by atoms with Crippen LogP contribution in [0, 0.1) is 13.8 Å². The van der Waals surface area contributed by atoms with Crippen molar-refractivity contribution in [2.75, 3.05) is 6.61 Å². The zero-order valence-corrected chi connectivity index (χ0v) is 19.9. The second-order valence-electron chi connectivity index (χ2n) is 8.11. The number of ether oxygens (including phenoxy) is 1. The topological polar surface area (TPSA) is 91.0 Å². The van der Waals surface area contributed by atoms with E-state index in [1.165, 1.54) is 4.68 Å². The standard InChI is InChI=1S/C26H29N5O3/c1-5-22(25(32)27-16-19-12-14-21(15-13-19)34-6-2)31-26(33)23-18(4)30(20-10-8-7-9-11-20)29-24(23)17(3)28-31/h7-15,22H,5-6,16H2,1-4H3,(H,27,32)/t22-/m1/s1. The highest BCUT2D eigenvalue weighted by atomic mass is 16.5. The van der Waals surface area contributed by atoms with Crippen molar-refractivity contribution < 1.29 is 9.53 Å². The lowest BCUT2D eigenvalue weighted by Gasteiger charge is -2.17. The quantitative estimate of drug-likeness (QED) is 0.432. The molecule has 2 aromatic heterocycles. The number of carbonyl (C=O) groups is 1. The molecule has 34 heavy (non-hydrogen) atoms. The Labute approximate surface area is 198 Å². The van der Waals surface area contributed by atoms with Gasteiger partial charge in [-0.05, 0) is 57.0 Å². The molecule has 0 saturated carbocycles. The van der Waals surface area contributed by atoms with Crippen LogP contribution in [0.2, 0.25) is 0 Å². The van der Waals surface area contributed by atoms with Crippen LogP contribution in [0.1, 0.15) is 43.3 Å². The molecule has 176 valence electrons. The first-order valence-corrected chi connectivity index (χ1v) is 11.5. The van der Waals surface area contributed by atoms with Gasteiger partial charge in [-0.25, -0.2) is 9.36 Å². The van der Waals surface area contributed by atoms with Crippen molar-refractivity contribution in [3.8, 4) is 11.4 Å². The monoisotopic (exact) mass is 459 g/mol. The molecule has 1 amide bonds. The third-order valence-electron chi connectivity index (χ3n) is 5.83. The molecule has 0 unspecified atom stereocenters. The Morgan fingerprint density at radius 2 is 1.74 bits per heavy atom. The van der Waals surface area contributed by atoms with Gasteiger partial charge in [0.25, 0.3) is 5.56 Å². The molecule has 0 aliphatic heterocycles. The molecule has 0 spiro atoms. The Hall–Kier alpha value is -3.94. The fourth-order valence-corrected chi connectivity index (χ4v) is 4.06. The summed E-state index contributed by atoms with van der Waals surface area (Å²) >= 11 is 0. The largest absolute Gasteiger partial charge is 0.494 e. The number of aryl methyl sites for hydroxylation is 2. The third-order valence-corrected chi connectivity index (χ3v) is 5.83. The predicted octanol–water partition coefficient (Wildman–Crippen LogP) is 3.87. The number of carbonyl (C=O) groups excluding carboxylic acids is 1. The molecule has 4 rings (SSSR count). The van der Waals surface area contributed by atoms with E-state index in [2.05, 4.69) is 15.5 Å². The van der Waals surface area contributed by atoms with Crippen LogP contribution in [0.5, 0.6) is 5.75 Å². The number of para-hydroxylation sites is 1. The molecule has 8 heteroatoms. The van der Waals surface area contributed by atoms with E-state index in [0.29, 0.717) is 36.2 Å². The highest BCUT2D eigenvalue weighted by Crippen LogP contribution is 2.21. The van der Waals surface area contributed by atoms with Gasteiger partial charge in [0.1, 0.15) is 17.3 Å². The van der Waals surface area contributed by atoms with Gasteiger partial charge in [-0.2, -0.15) is 10.2 Å². The summed E-state index contributed by atoms with van der Waals surface area (Å²) in [6.07, 6.45) is 0.429. The molecule has 0 aliphatic carbocycles. The van der Waals surface area contributed by atoms with E-state index in [1.54, 1.807) is 4.68 Å². The van der Waals surface area contributed by atoms with Gasteiger partial charge in [0.15, 0.2) is 0 Å². The average Bonchev–Trinajstić information content (AvgIpc) is 3.21. The summed E-state index contributed by atoms with van der Waals surface area (Å²) in [5.41, 5.74) is 3.36. The summed E-state index contributed by atoms with van der Waals surface area (Å²) in [5, 5.41) is 12.5. The van der Waals surface area contributed by atoms with Crippen molar-refractivity contribution in [2.24, 2.45) is 0 Å². The van der Waals surface area contributed by atoms with E-state index >= 15 is 0 Å². The SMILES string of the molecule is CCOc1ccc(CNC(=O)[C@@H](CC)n2nc(C)c3nn(-c4ccccc4)c(C)c3c2=O)cc1. The Kier molecular flexibility index (Phi) is 6.77. The molecule has 0 radical (unpaired) electrons. The van der Waals surface area contributed by atoms with E-state index in [9.17, 15) is 9.59 Å². The molecule has 0 bridgehead atoms. The van der Waals surface area contributed by atoms with Crippen molar-refractivity contribution >= 4 is 16.8 Å². The number of benzene rings is 2. The zero-order valence-electron chi connectivity index (χ0n) is 19.9. The summed E-state index contributed by atoms with van der Waals surface area (Å²) < 4.78 is 8.51. The van der Waals surface area contributed by atoms with Gasteiger partial charge < -0.3 is 10.1 Å². The highest BCUT2D eigenvalue weighted by Gasteiger charge is 2.25. The minimum Gasteiger partial charge on any atom is -0.494 e. The first-order valence-electron chi connectivity index (χ1n) is 11.5. The number of nitrogens with zero attached hydrogens (tertiary/aromatic N) is 4. The third kappa shape index (κ3) is 4.44. The smallest absolute Gasteiger partial charge is 0.278 e. The van der Waals surface area contributed by atoms with Gasteiger partial charge in [-0.1, -0.05) is 37.3 Å². The summed E-state index contributed by atoms with van der Waals surface area (Å²) in [6.45, 7) is 8.43. The van der Waals surface area contributed by atoms with Crippen molar-refractivity contribution in [3.63, 3.8) is 0 Å². The van der Waals surface area contributed by atoms with Crippen molar-refractivity contribution in [1.82, 2.24) is 24.9 Å². The van der Waals surface area contributed by atoms with Crippen LogP contribution in [0.25, 0.3) is 16.6 Å². The molecule has 2 aromatic carbocycles. The molecule has 1 N–H and O–H groups in total. The maximum Gasteiger partial charge on any atom is 0.278 e. The van der Waals surface area contributed by atoms with E-state index in [-0.39, 0.29) is 11.5 Å². The van der Waals surface area contributed by atoms with Crippen LogP contribution in [0.15, 0.2) is 59.4 Å². The van der Waals surface area contributed by atoms with E-state index in [0.717, 1.165) is 22.7 Å². The Morgan fingerprint density at radius 3 is 2.38 bits per heavy atom. The Morgan fingerprint density at radius 1 is 1.03 bits per heavy atom. The number of fused-ring (bicyclic) bond motifs is 1. The molecule has 0 aliphatic rings. The number of hydrogen-bond donors (Lipinski definition) is 1. The number of hydrogen-bond acceptors (Lipinski definition) is 5. The van der Waals surface area contributed by atoms with Gasteiger partial charge in [-0.15, -0.1) is 0 Å². The van der Waals surface area contributed by atoms with Crippen LogP contribution >= 0.6 is 0 Å². The van der Waals surface area contributed by atoms with E-state index < -0.39 is 6.04 Å². The van der Waals surface area contributed by atoms with Gasteiger partial charge in [0.2, 0.25) is 5.91 Å². The van der Waals surface area contributed by atoms with Gasteiger partial charge in [0.05, 0.1) is 29.1 Å². The summed E-state index contributed by atoms with van der Waals surface area (Å²) in [5.74, 6) is 0.535. The molecule has 8 nitrogen and oxygen atoms in total. The molecule has 4 aromatic rings. The van der Waals surface area contributed by atoms with Crippen molar-refractivity contribution in [1.29, 1.82) is 0 Å². The Bertz CT molecular complexity index is 1360. The molecular weight excluding hydrogens is 430 g/mol. The van der Waals surface area contributed by atoms with Gasteiger partial charge >= 0.3 is 0 Å². The molecule has 2 heterocycles. The van der Waals surface area contributed by atoms with Crippen molar-refractivity contribution in [3.05, 3.63) is 81.9 Å². The van der Waals surface area contributed by atoms with Gasteiger partial charge in [-0.3, -0.25) is 9.59 Å². The summed E-state index contributed by atoms with van der Waals surface area (Å²) in [7, 11) is 0.